The molecule has 0 fully saturated rings. The number of hydrogen-bond donors (Lipinski definition) is 2. The van der Waals surface area contributed by atoms with Crippen molar-refractivity contribution in [2.75, 3.05) is 10.6 Å². The summed E-state index contributed by atoms with van der Waals surface area (Å²) in [4.78, 5) is 12.2. The van der Waals surface area contributed by atoms with Crippen molar-refractivity contribution in [2.45, 2.75) is 6.23 Å². The van der Waals surface area contributed by atoms with E-state index in [1.807, 2.05) is 0 Å². The summed E-state index contributed by atoms with van der Waals surface area (Å²) in [6.45, 7) is 0. The highest BCUT2D eigenvalue weighted by Gasteiger charge is 2.31. The number of carbonyl (C=O) groups is 1. The Morgan fingerprint density at radius 2 is 2.15 bits per heavy atom. The number of ether oxygens (including phenoxy) is 1. The predicted octanol–water partition coefficient (Wildman–Crippen LogP) is 3.67. The highest BCUT2D eigenvalue weighted by molar-refractivity contribution is 6.36. The summed E-state index contributed by atoms with van der Waals surface area (Å²) >= 11 is 12.1. The summed E-state index contributed by atoms with van der Waals surface area (Å²) in [5.41, 5.74) is 0.596. The smallest absolute Gasteiger partial charge is 0.276 e. The van der Waals surface area contributed by atoms with Gasteiger partial charge in [0, 0.05) is 6.07 Å². The number of nitrogens with zero attached hydrogens (tertiary/aromatic N) is 3. The van der Waals surface area contributed by atoms with Crippen LogP contribution in [0.4, 0.5) is 15.9 Å². The Morgan fingerprint density at radius 1 is 1.31 bits per heavy atom. The van der Waals surface area contributed by atoms with Gasteiger partial charge in [0.2, 0.25) is 6.23 Å². The lowest BCUT2D eigenvalue weighted by atomic mass is 10.2. The highest BCUT2D eigenvalue weighted by Crippen LogP contribution is 2.41. The maximum absolute atomic E-state index is 13.7. The van der Waals surface area contributed by atoms with Gasteiger partial charge in [-0.25, -0.2) is 4.39 Å². The minimum atomic E-state index is -0.869. The number of halogens is 3. The van der Waals surface area contributed by atoms with Gasteiger partial charge in [0.05, 0.1) is 21.8 Å². The first-order valence-corrected chi connectivity index (χ1v) is 7.93. The van der Waals surface area contributed by atoms with Crippen molar-refractivity contribution in [1.29, 1.82) is 0 Å². The van der Waals surface area contributed by atoms with Crippen LogP contribution in [0.5, 0.6) is 5.75 Å². The molecule has 0 saturated carbocycles. The lowest BCUT2D eigenvalue weighted by Gasteiger charge is -2.15. The van der Waals surface area contributed by atoms with Crippen LogP contribution in [0.15, 0.2) is 35.2 Å². The molecule has 2 N–H and O–H groups in total. The SMILES string of the molecule is O=C(Nc1cnoc1)c1cc2c(nn1)NC(c1c(Cl)ccc(F)c1Cl)O2. The second-order valence-electron chi connectivity index (χ2n) is 5.21. The Kier molecular flexibility index (Phi) is 4.09. The second-order valence-corrected chi connectivity index (χ2v) is 5.99. The van der Waals surface area contributed by atoms with Gasteiger partial charge in [-0.2, -0.15) is 0 Å². The molecule has 0 radical (unpaired) electrons. The third kappa shape index (κ3) is 2.91. The fourth-order valence-electron chi connectivity index (χ4n) is 2.33. The maximum Gasteiger partial charge on any atom is 0.276 e. The summed E-state index contributed by atoms with van der Waals surface area (Å²) in [5.74, 6) is -0.644. The number of carbonyl (C=O) groups excluding carboxylic acids is 1. The van der Waals surface area contributed by atoms with Crippen molar-refractivity contribution in [1.82, 2.24) is 15.4 Å². The number of fused-ring (bicyclic) bond motifs is 1. The van der Waals surface area contributed by atoms with E-state index in [2.05, 4.69) is 30.5 Å². The van der Waals surface area contributed by atoms with E-state index in [0.717, 1.165) is 6.07 Å². The molecule has 2 aromatic heterocycles. The summed E-state index contributed by atoms with van der Waals surface area (Å²) in [7, 11) is 0. The molecule has 4 rings (SSSR count). The highest BCUT2D eigenvalue weighted by atomic mass is 35.5. The van der Waals surface area contributed by atoms with Crippen LogP contribution >= 0.6 is 23.2 Å². The lowest BCUT2D eigenvalue weighted by Crippen LogP contribution is -2.13. The predicted molar refractivity (Wildman–Crippen MR) is 89.9 cm³/mol. The average molecular weight is 396 g/mol. The van der Waals surface area contributed by atoms with Gasteiger partial charge in [0.1, 0.15) is 17.8 Å². The molecule has 1 unspecified atom stereocenters. The van der Waals surface area contributed by atoms with Crippen molar-refractivity contribution in [3.63, 3.8) is 0 Å². The van der Waals surface area contributed by atoms with Crippen LogP contribution in [0.3, 0.4) is 0 Å². The molecular weight excluding hydrogens is 388 g/mol. The Balaban J connectivity index is 1.59. The average Bonchev–Trinajstić information content (AvgIpc) is 3.27. The molecule has 1 aliphatic rings. The largest absolute Gasteiger partial charge is 0.462 e. The third-order valence-electron chi connectivity index (χ3n) is 3.54. The number of nitrogens with one attached hydrogen (secondary N) is 2. The maximum atomic E-state index is 13.7. The third-order valence-corrected chi connectivity index (χ3v) is 4.25. The van der Waals surface area contributed by atoms with Crippen LogP contribution < -0.4 is 15.4 Å². The van der Waals surface area contributed by atoms with Crippen LogP contribution in [0.2, 0.25) is 10.0 Å². The Hall–Kier alpha value is -2.91. The van der Waals surface area contributed by atoms with Crippen LogP contribution in [-0.4, -0.2) is 21.3 Å². The van der Waals surface area contributed by atoms with Gasteiger partial charge in [0.15, 0.2) is 17.3 Å². The van der Waals surface area contributed by atoms with Crippen molar-refractivity contribution >= 4 is 40.6 Å². The molecule has 26 heavy (non-hydrogen) atoms. The minimum absolute atomic E-state index is 0.00355. The molecule has 1 aliphatic heterocycles. The van der Waals surface area contributed by atoms with E-state index in [1.165, 1.54) is 24.6 Å². The Morgan fingerprint density at radius 3 is 2.92 bits per heavy atom. The first kappa shape index (κ1) is 16.6. The van der Waals surface area contributed by atoms with E-state index in [1.54, 1.807) is 0 Å². The van der Waals surface area contributed by atoms with Gasteiger partial charge in [0.25, 0.3) is 5.91 Å². The number of anilines is 2. The van der Waals surface area contributed by atoms with E-state index in [9.17, 15) is 9.18 Å². The number of amides is 1. The minimum Gasteiger partial charge on any atom is -0.462 e. The van der Waals surface area contributed by atoms with E-state index < -0.39 is 18.0 Å². The zero-order valence-corrected chi connectivity index (χ0v) is 14.2. The van der Waals surface area contributed by atoms with Gasteiger partial charge in [-0.3, -0.25) is 4.79 Å². The van der Waals surface area contributed by atoms with Crippen molar-refractivity contribution in [2.24, 2.45) is 0 Å². The fraction of sp³-hybridized carbons (Fsp3) is 0.0667. The quantitative estimate of drug-likeness (QED) is 0.652. The van der Waals surface area contributed by atoms with Gasteiger partial charge < -0.3 is 19.9 Å². The topological polar surface area (TPSA) is 102 Å². The van der Waals surface area contributed by atoms with Gasteiger partial charge in [-0.1, -0.05) is 28.4 Å². The zero-order chi connectivity index (χ0) is 18.3. The molecule has 11 heteroatoms. The molecule has 1 aromatic carbocycles. The number of hydrogen-bond acceptors (Lipinski definition) is 7. The number of rotatable bonds is 3. The zero-order valence-electron chi connectivity index (χ0n) is 12.7. The Bertz CT molecular complexity index is 999. The summed E-state index contributed by atoms with van der Waals surface area (Å²) in [6.07, 6.45) is 1.73. The van der Waals surface area contributed by atoms with E-state index in [0.29, 0.717) is 5.69 Å². The number of aromatic nitrogens is 3. The van der Waals surface area contributed by atoms with Crippen LogP contribution in [0.25, 0.3) is 0 Å². The Labute approximate surface area is 155 Å². The van der Waals surface area contributed by atoms with Gasteiger partial charge in [-0.05, 0) is 12.1 Å². The van der Waals surface area contributed by atoms with E-state index in [-0.39, 0.29) is 32.9 Å². The van der Waals surface area contributed by atoms with Crippen LogP contribution in [0, 0.1) is 5.82 Å². The summed E-state index contributed by atoms with van der Waals surface area (Å²) in [5, 5.41) is 16.7. The molecular formula is C15H8Cl2FN5O3. The standard InChI is InChI=1S/C15H8Cl2FN5O3/c16-7-1-2-8(18)12(17)11(7)15-21-13-10(26-15)3-9(22-23-13)14(24)20-6-4-19-25-5-6/h1-5,15H,(H,20,24)(H,21,23). The molecule has 1 amide bonds. The molecule has 3 aromatic rings. The normalized spacial score (nSPS) is 15.1. The molecule has 0 aliphatic carbocycles. The number of benzene rings is 1. The van der Waals surface area contributed by atoms with Crippen molar-refractivity contribution in [3.8, 4) is 5.75 Å². The monoisotopic (exact) mass is 395 g/mol. The van der Waals surface area contributed by atoms with Crippen molar-refractivity contribution < 1.29 is 18.4 Å². The van der Waals surface area contributed by atoms with Gasteiger partial charge in [-0.15, -0.1) is 10.2 Å². The fourth-order valence-corrected chi connectivity index (χ4v) is 2.90. The van der Waals surface area contributed by atoms with Crippen LogP contribution in [0.1, 0.15) is 22.3 Å². The molecule has 1 atom stereocenters. The molecule has 0 bridgehead atoms. The van der Waals surface area contributed by atoms with E-state index in [4.69, 9.17) is 27.9 Å². The van der Waals surface area contributed by atoms with Crippen molar-refractivity contribution in [3.05, 3.63) is 57.8 Å². The summed E-state index contributed by atoms with van der Waals surface area (Å²) in [6, 6.07) is 3.91. The molecule has 0 spiro atoms. The molecule has 0 saturated heterocycles. The molecule has 8 nitrogen and oxygen atoms in total. The second kappa shape index (κ2) is 6.43. The van der Waals surface area contributed by atoms with E-state index >= 15 is 0 Å². The lowest BCUT2D eigenvalue weighted by molar-refractivity contribution is 0.102. The van der Waals surface area contributed by atoms with Crippen LogP contribution in [-0.2, 0) is 0 Å². The molecule has 3 heterocycles. The van der Waals surface area contributed by atoms with Gasteiger partial charge >= 0.3 is 0 Å². The first-order valence-electron chi connectivity index (χ1n) is 7.18. The molecule has 132 valence electrons. The first-order chi connectivity index (χ1) is 12.5. The summed E-state index contributed by atoms with van der Waals surface area (Å²) < 4.78 is 24.0.